The van der Waals surface area contributed by atoms with E-state index in [1.165, 1.54) is 11.1 Å². The Morgan fingerprint density at radius 3 is 2.88 bits per heavy atom. The van der Waals surface area contributed by atoms with Crippen LogP contribution in [0, 0.1) is 6.92 Å². The van der Waals surface area contributed by atoms with E-state index in [2.05, 4.69) is 12.1 Å². The van der Waals surface area contributed by atoms with Gasteiger partial charge < -0.3 is 4.74 Å². The SMILES string of the molecule is Cc1cccc(C2COC(CS(=O)(=O)Cl)C2)c1. The molecule has 0 amide bonds. The first-order chi connectivity index (χ1) is 7.94. The Morgan fingerprint density at radius 1 is 1.47 bits per heavy atom. The summed E-state index contributed by atoms with van der Waals surface area (Å²) in [6.45, 7) is 2.61. The average molecular weight is 275 g/mol. The lowest BCUT2D eigenvalue weighted by atomic mass is 9.95. The van der Waals surface area contributed by atoms with Gasteiger partial charge in [-0.2, -0.15) is 0 Å². The van der Waals surface area contributed by atoms with E-state index in [0.717, 1.165) is 6.42 Å². The molecule has 0 saturated carbocycles. The molecule has 0 bridgehead atoms. The molecule has 2 atom stereocenters. The standard InChI is InChI=1S/C12H15ClO3S/c1-9-3-2-4-10(5-9)11-6-12(16-7-11)8-17(13,14)15/h2-5,11-12H,6-8H2,1H3. The minimum Gasteiger partial charge on any atom is -0.376 e. The molecule has 0 aromatic heterocycles. The zero-order valence-electron chi connectivity index (χ0n) is 9.60. The van der Waals surface area contributed by atoms with Crippen LogP contribution >= 0.6 is 10.7 Å². The summed E-state index contributed by atoms with van der Waals surface area (Å²) >= 11 is 0. The summed E-state index contributed by atoms with van der Waals surface area (Å²) in [6, 6.07) is 8.22. The van der Waals surface area contributed by atoms with Gasteiger partial charge in [-0.3, -0.25) is 0 Å². The van der Waals surface area contributed by atoms with Crippen molar-refractivity contribution in [3.05, 3.63) is 35.4 Å². The van der Waals surface area contributed by atoms with E-state index in [4.69, 9.17) is 15.4 Å². The van der Waals surface area contributed by atoms with E-state index in [1.807, 2.05) is 19.1 Å². The van der Waals surface area contributed by atoms with Crippen molar-refractivity contribution in [2.24, 2.45) is 0 Å². The lowest BCUT2D eigenvalue weighted by molar-refractivity contribution is 0.126. The van der Waals surface area contributed by atoms with Crippen molar-refractivity contribution in [1.82, 2.24) is 0 Å². The van der Waals surface area contributed by atoms with Crippen molar-refractivity contribution in [1.29, 1.82) is 0 Å². The summed E-state index contributed by atoms with van der Waals surface area (Å²) in [4.78, 5) is 0. The summed E-state index contributed by atoms with van der Waals surface area (Å²) in [5.74, 6) is 0.176. The van der Waals surface area contributed by atoms with E-state index in [9.17, 15) is 8.42 Å². The summed E-state index contributed by atoms with van der Waals surface area (Å²) in [6.07, 6.45) is 0.443. The summed E-state index contributed by atoms with van der Waals surface area (Å²) in [5.41, 5.74) is 2.41. The van der Waals surface area contributed by atoms with Crippen LogP contribution in [0.25, 0.3) is 0 Å². The first-order valence-electron chi connectivity index (χ1n) is 5.54. The molecule has 17 heavy (non-hydrogen) atoms. The molecule has 94 valence electrons. The quantitative estimate of drug-likeness (QED) is 0.795. The fraction of sp³-hybridized carbons (Fsp3) is 0.500. The van der Waals surface area contributed by atoms with Gasteiger partial charge >= 0.3 is 0 Å². The molecule has 2 unspecified atom stereocenters. The summed E-state index contributed by atoms with van der Waals surface area (Å²) in [7, 11) is 1.75. The number of ether oxygens (including phenoxy) is 1. The third-order valence-corrected chi connectivity index (χ3v) is 4.13. The van der Waals surface area contributed by atoms with Gasteiger partial charge in [0.2, 0.25) is 9.05 Å². The van der Waals surface area contributed by atoms with Crippen LogP contribution in [-0.4, -0.2) is 26.9 Å². The maximum atomic E-state index is 11.0. The molecule has 0 aliphatic carbocycles. The van der Waals surface area contributed by atoms with Crippen LogP contribution < -0.4 is 0 Å². The van der Waals surface area contributed by atoms with Crippen molar-refractivity contribution >= 4 is 19.7 Å². The highest BCUT2D eigenvalue weighted by molar-refractivity contribution is 8.13. The van der Waals surface area contributed by atoms with Crippen LogP contribution in [-0.2, 0) is 13.8 Å². The topological polar surface area (TPSA) is 43.4 Å². The molecule has 0 radical (unpaired) electrons. The van der Waals surface area contributed by atoms with Gasteiger partial charge in [0.15, 0.2) is 0 Å². The second-order valence-corrected chi connectivity index (χ2v) is 7.33. The maximum absolute atomic E-state index is 11.0. The fourth-order valence-electron chi connectivity index (χ4n) is 2.20. The van der Waals surface area contributed by atoms with Crippen LogP contribution in [0.2, 0.25) is 0 Å². The Hall–Kier alpha value is -0.580. The van der Waals surface area contributed by atoms with Crippen LogP contribution in [0.3, 0.4) is 0 Å². The van der Waals surface area contributed by atoms with Gasteiger partial charge in [-0.15, -0.1) is 0 Å². The number of hydrogen-bond acceptors (Lipinski definition) is 3. The van der Waals surface area contributed by atoms with Crippen molar-refractivity contribution < 1.29 is 13.2 Å². The molecule has 0 spiro atoms. The van der Waals surface area contributed by atoms with Crippen molar-refractivity contribution in [3.8, 4) is 0 Å². The second-order valence-electron chi connectivity index (χ2n) is 4.51. The van der Waals surface area contributed by atoms with Crippen molar-refractivity contribution in [2.75, 3.05) is 12.4 Å². The van der Waals surface area contributed by atoms with Crippen molar-refractivity contribution in [3.63, 3.8) is 0 Å². The molecule has 2 rings (SSSR count). The zero-order chi connectivity index (χ0) is 12.5. The summed E-state index contributed by atoms with van der Waals surface area (Å²) in [5, 5.41) is 0. The summed E-state index contributed by atoms with van der Waals surface area (Å²) < 4.78 is 27.4. The molecule has 1 aliphatic rings. The van der Waals surface area contributed by atoms with Gasteiger partial charge in [0.05, 0.1) is 18.5 Å². The third kappa shape index (κ3) is 3.69. The van der Waals surface area contributed by atoms with Gasteiger partial charge in [0, 0.05) is 16.6 Å². The number of halogens is 1. The average Bonchev–Trinajstić information content (AvgIpc) is 2.63. The third-order valence-electron chi connectivity index (χ3n) is 2.98. The molecular weight excluding hydrogens is 260 g/mol. The Labute approximate surface area is 106 Å². The minimum absolute atomic E-state index is 0.100. The van der Waals surface area contributed by atoms with Gasteiger partial charge in [-0.05, 0) is 18.9 Å². The van der Waals surface area contributed by atoms with Gasteiger partial charge in [0.25, 0.3) is 0 Å². The second kappa shape index (κ2) is 4.96. The van der Waals surface area contributed by atoms with Gasteiger partial charge in [-0.1, -0.05) is 29.8 Å². The Kier molecular flexibility index (Phi) is 3.76. The van der Waals surface area contributed by atoms with Gasteiger partial charge in [-0.25, -0.2) is 8.42 Å². The van der Waals surface area contributed by atoms with Crippen LogP contribution in [0.4, 0.5) is 0 Å². The molecule has 3 nitrogen and oxygen atoms in total. The number of rotatable bonds is 3. The molecule has 1 heterocycles. The van der Waals surface area contributed by atoms with E-state index in [1.54, 1.807) is 0 Å². The largest absolute Gasteiger partial charge is 0.376 e. The maximum Gasteiger partial charge on any atom is 0.235 e. The molecule has 1 saturated heterocycles. The molecule has 0 N–H and O–H groups in total. The highest BCUT2D eigenvalue weighted by Crippen LogP contribution is 2.30. The number of aryl methyl sites for hydroxylation is 1. The van der Waals surface area contributed by atoms with E-state index >= 15 is 0 Å². The molecule has 1 aliphatic heterocycles. The predicted molar refractivity (Wildman–Crippen MR) is 67.9 cm³/mol. The monoisotopic (exact) mass is 274 g/mol. The van der Waals surface area contributed by atoms with Gasteiger partial charge in [0.1, 0.15) is 0 Å². The predicted octanol–water partition coefficient (Wildman–Crippen LogP) is 2.44. The highest BCUT2D eigenvalue weighted by atomic mass is 35.7. The Bertz CT molecular complexity index is 498. The molecule has 5 heteroatoms. The molecular formula is C12H15ClO3S. The zero-order valence-corrected chi connectivity index (χ0v) is 11.2. The Balaban J connectivity index is 2.03. The Morgan fingerprint density at radius 2 is 2.24 bits per heavy atom. The molecule has 1 aromatic carbocycles. The van der Waals surface area contributed by atoms with Crippen LogP contribution in [0.5, 0.6) is 0 Å². The number of hydrogen-bond donors (Lipinski definition) is 0. The number of benzene rings is 1. The van der Waals surface area contributed by atoms with Crippen molar-refractivity contribution in [2.45, 2.75) is 25.4 Å². The molecule has 1 aromatic rings. The first kappa shape index (κ1) is 12.9. The minimum atomic E-state index is -3.47. The smallest absolute Gasteiger partial charge is 0.235 e. The lowest BCUT2D eigenvalue weighted by Crippen LogP contribution is -2.16. The normalized spacial score (nSPS) is 25.1. The van der Waals surface area contributed by atoms with E-state index in [0.29, 0.717) is 6.61 Å². The van der Waals surface area contributed by atoms with E-state index in [-0.39, 0.29) is 17.8 Å². The fourth-order valence-corrected chi connectivity index (χ4v) is 3.30. The van der Waals surface area contributed by atoms with E-state index < -0.39 is 9.05 Å². The molecule has 1 fully saturated rings. The first-order valence-corrected chi connectivity index (χ1v) is 8.02. The lowest BCUT2D eigenvalue weighted by Gasteiger charge is -2.09. The highest BCUT2D eigenvalue weighted by Gasteiger charge is 2.29. The van der Waals surface area contributed by atoms with Crippen LogP contribution in [0.1, 0.15) is 23.5 Å². The van der Waals surface area contributed by atoms with Crippen LogP contribution in [0.15, 0.2) is 24.3 Å².